The summed E-state index contributed by atoms with van der Waals surface area (Å²) >= 11 is 0. The Labute approximate surface area is 123 Å². The highest BCUT2D eigenvalue weighted by Crippen LogP contribution is 2.36. The molecule has 1 aromatic carbocycles. The fourth-order valence-electron chi connectivity index (χ4n) is 2.37. The van der Waals surface area contributed by atoms with Crippen molar-refractivity contribution < 1.29 is 14.3 Å². The second kappa shape index (κ2) is 5.83. The molecule has 2 aliphatic heterocycles. The summed E-state index contributed by atoms with van der Waals surface area (Å²) in [6.07, 6.45) is 7.27. The van der Waals surface area contributed by atoms with E-state index in [2.05, 4.69) is 27.2 Å². The van der Waals surface area contributed by atoms with Gasteiger partial charge >= 0.3 is 6.09 Å². The Morgan fingerprint density at radius 3 is 3.14 bits per heavy atom. The number of amides is 1. The van der Waals surface area contributed by atoms with Crippen LogP contribution in [-0.4, -0.2) is 26.0 Å². The number of hydrogen-bond donors (Lipinski definition) is 1. The monoisotopic (exact) mass is 284 g/mol. The highest BCUT2D eigenvalue weighted by Gasteiger charge is 2.17. The number of carbonyl (C=O) groups is 1. The molecule has 2 heterocycles. The first-order valence-corrected chi connectivity index (χ1v) is 6.82. The fourth-order valence-corrected chi connectivity index (χ4v) is 2.37. The highest BCUT2D eigenvalue weighted by atomic mass is 16.5. The van der Waals surface area contributed by atoms with Crippen molar-refractivity contribution >= 4 is 23.6 Å². The largest absolute Gasteiger partial charge is 0.493 e. The molecule has 21 heavy (non-hydrogen) atoms. The lowest BCUT2D eigenvalue weighted by Gasteiger charge is -2.21. The van der Waals surface area contributed by atoms with Crippen molar-refractivity contribution in [3.63, 3.8) is 0 Å². The minimum absolute atomic E-state index is 0.486. The molecule has 1 aromatic rings. The van der Waals surface area contributed by atoms with Gasteiger partial charge in [0.1, 0.15) is 5.75 Å². The van der Waals surface area contributed by atoms with E-state index in [1.807, 2.05) is 18.3 Å². The van der Waals surface area contributed by atoms with Crippen molar-refractivity contribution in [2.75, 3.05) is 19.0 Å². The molecule has 3 rings (SSSR count). The summed E-state index contributed by atoms with van der Waals surface area (Å²) in [7, 11) is 1.34. The van der Waals surface area contributed by atoms with Gasteiger partial charge in [0, 0.05) is 30.3 Å². The predicted octanol–water partition coefficient (Wildman–Crippen LogP) is 3.39. The van der Waals surface area contributed by atoms with Gasteiger partial charge in [0.05, 0.1) is 19.4 Å². The first-order valence-electron chi connectivity index (χ1n) is 6.82. The van der Waals surface area contributed by atoms with Crippen LogP contribution in [0, 0.1) is 0 Å². The Balaban J connectivity index is 1.93. The molecular weight excluding hydrogens is 268 g/mol. The van der Waals surface area contributed by atoms with Gasteiger partial charge in [0.25, 0.3) is 0 Å². The number of carbonyl (C=O) groups excluding carboxylic acids is 1. The molecule has 0 saturated carbocycles. The maximum absolute atomic E-state index is 11.3. The minimum atomic E-state index is -0.486. The first kappa shape index (κ1) is 13.4. The van der Waals surface area contributed by atoms with Crippen LogP contribution in [0.25, 0.3) is 5.57 Å². The fraction of sp³-hybridized carbons (Fsp3) is 0.250. The van der Waals surface area contributed by atoms with Crippen LogP contribution in [0.1, 0.15) is 18.4 Å². The zero-order chi connectivity index (χ0) is 14.7. The smallest absolute Gasteiger partial charge is 0.411 e. The van der Waals surface area contributed by atoms with Crippen molar-refractivity contribution in [1.82, 2.24) is 0 Å². The summed E-state index contributed by atoms with van der Waals surface area (Å²) < 4.78 is 10.3. The third kappa shape index (κ3) is 2.97. The lowest BCUT2D eigenvalue weighted by molar-refractivity contribution is 0.187. The third-order valence-electron chi connectivity index (χ3n) is 3.38. The van der Waals surface area contributed by atoms with Gasteiger partial charge in [-0.3, -0.25) is 10.3 Å². The number of benzene rings is 1. The molecule has 5 nitrogen and oxygen atoms in total. The molecule has 0 atom stereocenters. The number of hydrogen-bond acceptors (Lipinski definition) is 4. The standard InChI is InChI=1S/C16H16N2O3/c1-20-16(19)18-13-4-5-15-14(10-13)11(6-8-21-15)9-12-3-2-7-17-12/h3-5,7,9-10H,2,6,8H2,1H3,(H,18,19)/b11-9+. The average molecular weight is 284 g/mol. The molecule has 5 heteroatoms. The maximum Gasteiger partial charge on any atom is 0.411 e. The summed E-state index contributed by atoms with van der Waals surface area (Å²) in [4.78, 5) is 15.6. The van der Waals surface area contributed by atoms with Gasteiger partial charge in [-0.2, -0.15) is 0 Å². The molecule has 0 radical (unpaired) electrons. The molecule has 0 fully saturated rings. The van der Waals surface area contributed by atoms with E-state index >= 15 is 0 Å². The zero-order valence-electron chi connectivity index (χ0n) is 11.8. The molecule has 1 amide bonds. The SMILES string of the molecule is COC(=O)Nc1ccc2c(c1)/C(=C/C1=CCC=N1)CCO2. The van der Waals surface area contributed by atoms with Crippen molar-refractivity contribution in [2.45, 2.75) is 12.8 Å². The quantitative estimate of drug-likeness (QED) is 0.905. The summed E-state index contributed by atoms with van der Waals surface area (Å²) in [6, 6.07) is 5.56. The lowest BCUT2D eigenvalue weighted by atomic mass is 9.98. The molecule has 2 aliphatic rings. The molecule has 108 valence electrons. The third-order valence-corrected chi connectivity index (χ3v) is 3.38. The number of nitrogens with one attached hydrogen (secondary N) is 1. The Kier molecular flexibility index (Phi) is 3.73. The Bertz CT molecular complexity index is 659. The number of nitrogens with zero attached hydrogens (tertiary/aromatic N) is 1. The maximum atomic E-state index is 11.3. The number of rotatable bonds is 2. The summed E-state index contributed by atoms with van der Waals surface area (Å²) in [6.45, 7) is 0.652. The van der Waals surface area contributed by atoms with Crippen LogP contribution < -0.4 is 10.1 Å². The zero-order valence-corrected chi connectivity index (χ0v) is 11.8. The Morgan fingerprint density at radius 2 is 2.38 bits per heavy atom. The van der Waals surface area contributed by atoms with Crippen molar-refractivity contribution in [2.24, 2.45) is 4.99 Å². The minimum Gasteiger partial charge on any atom is -0.493 e. The number of allylic oxidation sites excluding steroid dienone is 2. The van der Waals surface area contributed by atoms with Gasteiger partial charge in [-0.1, -0.05) is 6.08 Å². The summed E-state index contributed by atoms with van der Waals surface area (Å²) in [5.74, 6) is 0.825. The van der Waals surface area contributed by atoms with Crippen LogP contribution in [0.5, 0.6) is 5.75 Å². The van der Waals surface area contributed by atoms with E-state index in [0.29, 0.717) is 12.3 Å². The molecule has 0 aromatic heterocycles. The normalized spacial score (nSPS) is 18.0. The first-order chi connectivity index (χ1) is 10.3. The second-order valence-electron chi connectivity index (χ2n) is 4.77. The molecule has 0 aliphatic carbocycles. The van der Waals surface area contributed by atoms with Gasteiger partial charge in [-0.15, -0.1) is 0 Å². The van der Waals surface area contributed by atoms with Gasteiger partial charge in [-0.25, -0.2) is 4.79 Å². The number of methoxy groups -OCH3 is 1. The van der Waals surface area contributed by atoms with E-state index in [4.69, 9.17) is 4.74 Å². The van der Waals surface area contributed by atoms with Gasteiger partial charge in [0.15, 0.2) is 0 Å². The number of anilines is 1. The molecule has 1 N–H and O–H groups in total. The van der Waals surface area contributed by atoms with E-state index in [9.17, 15) is 4.79 Å². The van der Waals surface area contributed by atoms with E-state index in [0.717, 1.165) is 35.4 Å². The Hall–Kier alpha value is -2.56. The molecule has 0 bridgehead atoms. The average Bonchev–Trinajstić information content (AvgIpc) is 3.01. The molecule has 0 saturated heterocycles. The van der Waals surface area contributed by atoms with Crippen LogP contribution in [-0.2, 0) is 4.74 Å². The van der Waals surface area contributed by atoms with E-state index in [1.165, 1.54) is 7.11 Å². The van der Waals surface area contributed by atoms with E-state index in [-0.39, 0.29) is 0 Å². The van der Waals surface area contributed by atoms with E-state index in [1.54, 1.807) is 6.07 Å². The van der Waals surface area contributed by atoms with Crippen molar-refractivity contribution in [3.05, 3.63) is 41.6 Å². The second-order valence-corrected chi connectivity index (χ2v) is 4.77. The molecule has 0 unspecified atom stereocenters. The van der Waals surface area contributed by atoms with Crippen molar-refractivity contribution in [3.8, 4) is 5.75 Å². The van der Waals surface area contributed by atoms with Gasteiger partial charge in [-0.05, 0) is 29.8 Å². The van der Waals surface area contributed by atoms with Gasteiger partial charge in [0.2, 0.25) is 0 Å². The van der Waals surface area contributed by atoms with Crippen LogP contribution in [0.15, 0.2) is 41.0 Å². The van der Waals surface area contributed by atoms with Crippen LogP contribution >= 0.6 is 0 Å². The van der Waals surface area contributed by atoms with Crippen LogP contribution in [0.2, 0.25) is 0 Å². The molecule has 0 spiro atoms. The summed E-state index contributed by atoms with van der Waals surface area (Å²) in [5.41, 5.74) is 3.80. The number of ether oxygens (including phenoxy) is 2. The van der Waals surface area contributed by atoms with Gasteiger partial charge < -0.3 is 9.47 Å². The van der Waals surface area contributed by atoms with Crippen molar-refractivity contribution in [1.29, 1.82) is 0 Å². The number of fused-ring (bicyclic) bond motifs is 1. The number of aliphatic imine (C=N–C) groups is 1. The lowest BCUT2D eigenvalue weighted by Crippen LogP contribution is -2.12. The highest BCUT2D eigenvalue weighted by molar-refractivity contribution is 5.86. The summed E-state index contributed by atoms with van der Waals surface area (Å²) in [5, 5.41) is 2.67. The van der Waals surface area contributed by atoms with Crippen LogP contribution in [0.4, 0.5) is 10.5 Å². The Morgan fingerprint density at radius 1 is 1.48 bits per heavy atom. The molecular formula is C16H16N2O3. The topological polar surface area (TPSA) is 59.9 Å². The predicted molar refractivity (Wildman–Crippen MR) is 81.8 cm³/mol. The van der Waals surface area contributed by atoms with E-state index < -0.39 is 6.09 Å². The van der Waals surface area contributed by atoms with Crippen LogP contribution in [0.3, 0.4) is 0 Å².